The molecule has 0 N–H and O–H groups in total. The zero-order valence-corrected chi connectivity index (χ0v) is 14.3. The summed E-state index contributed by atoms with van der Waals surface area (Å²) < 4.78 is 5.68. The van der Waals surface area contributed by atoms with Crippen molar-refractivity contribution in [2.24, 2.45) is 10.8 Å². The molecule has 0 saturated heterocycles. The number of ether oxygens (including phenoxy) is 1. The summed E-state index contributed by atoms with van der Waals surface area (Å²) >= 11 is 0. The fraction of sp³-hybridized carbons (Fsp3) is 0.824. The van der Waals surface area contributed by atoms with E-state index in [4.69, 9.17) is 4.74 Å². The van der Waals surface area contributed by atoms with Crippen molar-refractivity contribution >= 4 is 5.97 Å². The van der Waals surface area contributed by atoms with Crippen LogP contribution in [0.2, 0.25) is 0 Å². The van der Waals surface area contributed by atoms with Gasteiger partial charge in [-0.2, -0.15) is 0 Å². The number of hydrogen-bond donors (Lipinski definition) is 0. The molecule has 0 aliphatic heterocycles. The molecule has 0 rings (SSSR count). The van der Waals surface area contributed by atoms with Gasteiger partial charge in [-0.25, -0.2) is 0 Å². The third-order valence-corrected chi connectivity index (χ3v) is 3.78. The fourth-order valence-corrected chi connectivity index (χ4v) is 2.25. The van der Waals surface area contributed by atoms with E-state index in [-0.39, 0.29) is 11.4 Å². The molecule has 1 atom stereocenters. The first-order valence-corrected chi connectivity index (χ1v) is 7.33. The molecule has 0 bridgehead atoms. The maximum Gasteiger partial charge on any atom is 0.316 e. The van der Waals surface area contributed by atoms with Crippen molar-refractivity contribution in [2.45, 2.75) is 80.8 Å². The molecule has 1 unspecified atom stereocenters. The van der Waals surface area contributed by atoms with E-state index in [1.54, 1.807) is 0 Å². The van der Waals surface area contributed by atoms with Crippen molar-refractivity contribution in [2.75, 3.05) is 0 Å². The smallest absolute Gasteiger partial charge is 0.316 e. The van der Waals surface area contributed by atoms with Gasteiger partial charge in [0.2, 0.25) is 0 Å². The highest BCUT2D eigenvalue weighted by Gasteiger charge is 2.48. The minimum atomic E-state index is -0.578. The van der Waals surface area contributed by atoms with Gasteiger partial charge in [0.15, 0.2) is 0 Å². The van der Waals surface area contributed by atoms with Crippen LogP contribution in [0.3, 0.4) is 0 Å². The van der Waals surface area contributed by atoms with Crippen molar-refractivity contribution in [3.05, 3.63) is 11.6 Å². The molecular formula is C17H32O2. The van der Waals surface area contributed by atoms with E-state index in [0.29, 0.717) is 0 Å². The van der Waals surface area contributed by atoms with Gasteiger partial charge in [0.1, 0.15) is 5.60 Å². The van der Waals surface area contributed by atoms with Crippen LogP contribution in [0, 0.1) is 10.8 Å². The standard InChI is InChI=1S/C17H32O2/c1-10-12-13(11-2)17(9,15(3,4)5)14(18)19-16(6,7)8/h12H,10-11H2,1-9H3. The molecule has 0 fully saturated rings. The Morgan fingerprint density at radius 1 is 1.00 bits per heavy atom. The summed E-state index contributed by atoms with van der Waals surface area (Å²) in [5.74, 6) is -0.117. The Balaban J connectivity index is 5.68. The summed E-state index contributed by atoms with van der Waals surface area (Å²) in [7, 11) is 0. The van der Waals surface area contributed by atoms with Crippen LogP contribution < -0.4 is 0 Å². The molecule has 0 aromatic rings. The van der Waals surface area contributed by atoms with E-state index >= 15 is 0 Å². The second kappa shape index (κ2) is 6.11. The molecule has 0 aromatic heterocycles. The highest BCUT2D eigenvalue weighted by atomic mass is 16.6. The summed E-state index contributed by atoms with van der Waals surface area (Å²) in [6.07, 6.45) is 3.99. The van der Waals surface area contributed by atoms with E-state index in [1.165, 1.54) is 5.57 Å². The lowest BCUT2D eigenvalue weighted by Crippen LogP contribution is -2.45. The molecule has 0 radical (unpaired) electrons. The zero-order valence-electron chi connectivity index (χ0n) is 14.3. The van der Waals surface area contributed by atoms with Crippen molar-refractivity contribution in [1.29, 1.82) is 0 Å². The second-order valence-corrected chi connectivity index (χ2v) is 7.37. The van der Waals surface area contributed by atoms with Crippen LogP contribution >= 0.6 is 0 Å². The molecule has 0 spiro atoms. The lowest BCUT2D eigenvalue weighted by Gasteiger charge is -2.43. The van der Waals surface area contributed by atoms with Gasteiger partial charge in [-0.1, -0.05) is 46.3 Å². The van der Waals surface area contributed by atoms with E-state index in [0.717, 1.165) is 12.8 Å². The Kier molecular flexibility index (Phi) is 5.85. The summed E-state index contributed by atoms with van der Waals surface area (Å²) in [5.41, 5.74) is -0.0248. The molecule has 0 saturated carbocycles. The van der Waals surface area contributed by atoms with E-state index in [9.17, 15) is 4.79 Å². The SMILES string of the molecule is CCC=C(CC)C(C)(C(=O)OC(C)(C)C)C(C)(C)C. The quantitative estimate of drug-likeness (QED) is 0.522. The van der Waals surface area contributed by atoms with Crippen molar-refractivity contribution in [3.63, 3.8) is 0 Å². The maximum atomic E-state index is 12.7. The number of carbonyl (C=O) groups excluding carboxylic acids is 1. The Morgan fingerprint density at radius 3 is 1.74 bits per heavy atom. The summed E-state index contributed by atoms with van der Waals surface area (Å²) in [4.78, 5) is 12.7. The first kappa shape index (κ1) is 18.2. The number of rotatable bonds is 4. The zero-order chi connectivity index (χ0) is 15.5. The molecule has 0 aromatic carbocycles. The van der Waals surface area contributed by atoms with E-state index in [1.807, 2.05) is 27.7 Å². The van der Waals surface area contributed by atoms with E-state index < -0.39 is 11.0 Å². The van der Waals surface area contributed by atoms with Crippen LogP contribution in [-0.4, -0.2) is 11.6 Å². The highest BCUT2D eigenvalue weighted by molar-refractivity contribution is 5.81. The van der Waals surface area contributed by atoms with Gasteiger partial charge >= 0.3 is 5.97 Å². The number of esters is 1. The molecule has 19 heavy (non-hydrogen) atoms. The summed E-state index contributed by atoms with van der Waals surface area (Å²) in [6.45, 7) is 18.3. The van der Waals surface area contributed by atoms with Crippen molar-refractivity contribution in [3.8, 4) is 0 Å². The maximum absolute atomic E-state index is 12.7. The molecule has 2 heteroatoms. The molecule has 0 aliphatic rings. The van der Waals surface area contributed by atoms with Gasteiger partial charge in [-0.3, -0.25) is 4.79 Å². The van der Waals surface area contributed by atoms with Crippen LogP contribution in [0.15, 0.2) is 11.6 Å². The molecule has 0 amide bonds. The average Bonchev–Trinajstić information content (AvgIpc) is 2.20. The van der Waals surface area contributed by atoms with Gasteiger partial charge < -0.3 is 4.74 Å². The largest absolute Gasteiger partial charge is 0.459 e. The number of allylic oxidation sites excluding steroid dienone is 1. The molecule has 0 heterocycles. The molecule has 2 nitrogen and oxygen atoms in total. The third-order valence-electron chi connectivity index (χ3n) is 3.78. The van der Waals surface area contributed by atoms with Crippen LogP contribution in [0.4, 0.5) is 0 Å². The predicted molar refractivity (Wildman–Crippen MR) is 82.1 cm³/mol. The minimum Gasteiger partial charge on any atom is -0.459 e. The topological polar surface area (TPSA) is 26.3 Å². The number of hydrogen-bond acceptors (Lipinski definition) is 2. The Hall–Kier alpha value is -0.790. The van der Waals surface area contributed by atoms with E-state index in [2.05, 4.69) is 40.7 Å². The Labute approximate surface area is 119 Å². The normalized spacial score (nSPS) is 17.0. The van der Waals surface area contributed by atoms with Crippen molar-refractivity contribution < 1.29 is 9.53 Å². The third kappa shape index (κ3) is 4.36. The van der Waals surface area contributed by atoms with Crippen LogP contribution in [-0.2, 0) is 9.53 Å². The van der Waals surface area contributed by atoms with Gasteiger partial charge in [0, 0.05) is 0 Å². The number of carbonyl (C=O) groups is 1. The molecule has 0 aliphatic carbocycles. The fourth-order valence-electron chi connectivity index (χ4n) is 2.25. The predicted octanol–water partition coefficient (Wildman–Crippen LogP) is 5.13. The summed E-state index contributed by atoms with van der Waals surface area (Å²) in [5, 5.41) is 0. The monoisotopic (exact) mass is 268 g/mol. The Bertz CT molecular complexity index is 339. The second-order valence-electron chi connectivity index (χ2n) is 7.37. The van der Waals surface area contributed by atoms with Crippen LogP contribution in [0.25, 0.3) is 0 Å². The molecular weight excluding hydrogens is 236 g/mol. The first-order valence-electron chi connectivity index (χ1n) is 7.33. The Morgan fingerprint density at radius 2 is 1.47 bits per heavy atom. The highest BCUT2D eigenvalue weighted by Crippen LogP contribution is 2.47. The average molecular weight is 268 g/mol. The van der Waals surface area contributed by atoms with Crippen LogP contribution in [0.5, 0.6) is 0 Å². The summed E-state index contributed by atoms with van der Waals surface area (Å²) in [6, 6.07) is 0. The van der Waals surface area contributed by atoms with Gasteiger partial charge in [0.05, 0.1) is 5.41 Å². The molecule has 112 valence electrons. The van der Waals surface area contributed by atoms with Gasteiger partial charge in [0.25, 0.3) is 0 Å². The van der Waals surface area contributed by atoms with Gasteiger partial charge in [-0.05, 0) is 46.0 Å². The lowest BCUT2D eigenvalue weighted by molar-refractivity contribution is -0.170. The van der Waals surface area contributed by atoms with Crippen LogP contribution in [0.1, 0.15) is 75.2 Å². The lowest BCUT2D eigenvalue weighted by atomic mass is 9.62. The van der Waals surface area contributed by atoms with Crippen molar-refractivity contribution in [1.82, 2.24) is 0 Å². The first-order chi connectivity index (χ1) is 8.40. The minimum absolute atomic E-state index is 0.117. The van der Waals surface area contributed by atoms with Gasteiger partial charge in [-0.15, -0.1) is 0 Å².